The van der Waals surface area contributed by atoms with E-state index in [0.717, 1.165) is 30.0 Å². The van der Waals surface area contributed by atoms with E-state index in [1.165, 1.54) is 59.5 Å². The second-order valence-corrected chi connectivity index (χ2v) is 12.7. The minimum atomic E-state index is -4.23. The van der Waals surface area contributed by atoms with Gasteiger partial charge in [0.1, 0.15) is 18.4 Å². The molecule has 7 nitrogen and oxygen atoms in total. The molecular formula is C30H32Cl2FN3O4S. The molecule has 0 aliphatic heterocycles. The van der Waals surface area contributed by atoms with Crippen molar-refractivity contribution in [1.29, 1.82) is 0 Å². The molecule has 1 fully saturated rings. The van der Waals surface area contributed by atoms with Gasteiger partial charge in [0.2, 0.25) is 11.8 Å². The summed E-state index contributed by atoms with van der Waals surface area (Å²) in [5.74, 6) is -1.34. The van der Waals surface area contributed by atoms with Gasteiger partial charge in [0.15, 0.2) is 0 Å². The molecule has 3 aromatic rings. The van der Waals surface area contributed by atoms with Crippen molar-refractivity contribution in [2.24, 2.45) is 0 Å². The van der Waals surface area contributed by atoms with Gasteiger partial charge in [-0.3, -0.25) is 13.9 Å². The smallest absolute Gasteiger partial charge is 0.264 e. The van der Waals surface area contributed by atoms with Crippen molar-refractivity contribution in [3.8, 4) is 0 Å². The largest absolute Gasteiger partial charge is 0.352 e. The number of nitrogens with one attached hydrogen (secondary N) is 1. The van der Waals surface area contributed by atoms with Crippen molar-refractivity contribution in [2.45, 2.75) is 62.6 Å². The standard InChI is InChI=1S/C30H32Cl2FN3O4S/c1-2-28(30(38)34-23-8-6-7-9-23)35(19-21-12-14-22(33)15-13-21)29(37)20-36(24-16-17-26(31)27(32)18-24)41(39,40)25-10-4-3-5-11-25/h3-5,10-18,23,28H,2,6-9,19-20H2,1H3,(H,34,38)/t28-/m0/s1. The first kappa shape index (κ1) is 30.8. The molecule has 2 amide bonds. The van der Waals surface area contributed by atoms with E-state index in [2.05, 4.69) is 5.32 Å². The molecule has 1 atom stereocenters. The predicted molar refractivity (Wildman–Crippen MR) is 159 cm³/mol. The first-order valence-electron chi connectivity index (χ1n) is 13.5. The number of halogens is 3. The first-order valence-corrected chi connectivity index (χ1v) is 15.7. The van der Waals surface area contributed by atoms with Crippen LogP contribution in [0.15, 0.2) is 77.7 Å². The van der Waals surface area contributed by atoms with Gasteiger partial charge >= 0.3 is 0 Å². The molecule has 1 saturated carbocycles. The summed E-state index contributed by atoms with van der Waals surface area (Å²) in [6.45, 7) is 1.17. The fourth-order valence-corrected chi connectivity index (χ4v) is 6.68. The maximum atomic E-state index is 14.1. The SMILES string of the molecule is CC[C@@H](C(=O)NC1CCCC1)N(Cc1ccc(F)cc1)C(=O)CN(c1ccc(Cl)c(Cl)c1)S(=O)(=O)c1ccccc1. The topological polar surface area (TPSA) is 86.8 Å². The monoisotopic (exact) mass is 619 g/mol. The molecule has 0 heterocycles. The van der Waals surface area contributed by atoms with Gasteiger partial charge in [-0.25, -0.2) is 12.8 Å². The Morgan fingerprint density at radius 1 is 0.976 bits per heavy atom. The number of hydrogen-bond acceptors (Lipinski definition) is 4. The lowest BCUT2D eigenvalue weighted by Gasteiger charge is -2.33. The molecule has 0 unspecified atom stereocenters. The number of hydrogen-bond donors (Lipinski definition) is 1. The highest BCUT2D eigenvalue weighted by molar-refractivity contribution is 7.92. The Morgan fingerprint density at radius 3 is 2.24 bits per heavy atom. The number of benzene rings is 3. The minimum absolute atomic E-state index is 0.0176. The number of anilines is 1. The highest BCUT2D eigenvalue weighted by Gasteiger charge is 2.34. The van der Waals surface area contributed by atoms with Crippen LogP contribution in [0.25, 0.3) is 0 Å². The number of carbonyl (C=O) groups is 2. The van der Waals surface area contributed by atoms with E-state index in [9.17, 15) is 22.4 Å². The number of sulfonamides is 1. The van der Waals surface area contributed by atoms with Crippen LogP contribution in [0.4, 0.5) is 10.1 Å². The average molecular weight is 621 g/mol. The van der Waals surface area contributed by atoms with Gasteiger partial charge in [-0.2, -0.15) is 0 Å². The molecule has 3 aromatic carbocycles. The van der Waals surface area contributed by atoms with Crippen LogP contribution in [0.5, 0.6) is 0 Å². The zero-order valence-electron chi connectivity index (χ0n) is 22.6. The van der Waals surface area contributed by atoms with Gasteiger partial charge in [-0.15, -0.1) is 0 Å². The Kier molecular flexibility index (Phi) is 10.3. The van der Waals surface area contributed by atoms with Crippen molar-refractivity contribution in [2.75, 3.05) is 10.8 Å². The molecule has 11 heteroatoms. The summed E-state index contributed by atoms with van der Waals surface area (Å²) in [7, 11) is -4.23. The molecule has 0 saturated heterocycles. The lowest BCUT2D eigenvalue weighted by Crippen LogP contribution is -2.53. The Balaban J connectivity index is 1.72. The van der Waals surface area contributed by atoms with E-state index in [0.29, 0.717) is 12.0 Å². The van der Waals surface area contributed by atoms with Gasteiger partial charge in [-0.05, 0) is 67.3 Å². The van der Waals surface area contributed by atoms with Crippen LogP contribution in [-0.2, 0) is 26.2 Å². The third-order valence-electron chi connectivity index (χ3n) is 7.15. The molecule has 0 bridgehead atoms. The van der Waals surface area contributed by atoms with Crippen molar-refractivity contribution >= 4 is 50.7 Å². The lowest BCUT2D eigenvalue weighted by molar-refractivity contribution is -0.140. The number of amides is 2. The second kappa shape index (κ2) is 13.7. The van der Waals surface area contributed by atoms with E-state index in [-0.39, 0.29) is 39.1 Å². The third kappa shape index (κ3) is 7.58. The quantitative estimate of drug-likeness (QED) is 0.277. The summed E-state index contributed by atoms with van der Waals surface area (Å²) >= 11 is 12.3. The summed E-state index contributed by atoms with van der Waals surface area (Å²) in [5, 5.41) is 3.41. The van der Waals surface area contributed by atoms with Gasteiger partial charge in [0.05, 0.1) is 20.6 Å². The average Bonchev–Trinajstić information content (AvgIpc) is 3.47. The summed E-state index contributed by atoms with van der Waals surface area (Å²) in [6.07, 6.45) is 4.08. The molecule has 41 heavy (non-hydrogen) atoms. The van der Waals surface area contributed by atoms with E-state index in [1.807, 2.05) is 0 Å². The van der Waals surface area contributed by atoms with Crippen molar-refractivity contribution in [3.05, 3.63) is 94.2 Å². The van der Waals surface area contributed by atoms with Crippen molar-refractivity contribution in [1.82, 2.24) is 10.2 Å². The van der Waals surface area contributed by atoms with Crippen LogP contribution in [0.2, 0.25) is 10.0 Å². The molecule has 1 N–H and O–H groups in total. The fourth-order valence-electron chi connectivity index (χ4n) is 4.96. The number of carbonyl (C=O) groups excluding carboxylic acids is 2. The van der Waals surface area contributed by atoms with Crippen LogP contribution in [0.1, 0.15) is 44.6 Å². The third-order valence-corrected chi connectivity index (χ3v) is 9.68. The zero-order chi connectivity index (χ0) is 29.6. The minimum Gasteiger partial charge on any atom is -0.352 e. The highest BCUT2D eigenvalue weighted by atomic mass is 35.5. The van der Waals surface area contributed by atoms with Crippen molar-refractivity contribution < 1.29 is 22.4 Å². The summed E-state index contributed by atoms with van der Waals surface area (Å²) < 4.78 is 42.3. The summed E-state index contributed by atoms with van der Waals surface area (Å²) in [6, 6.07) is 16.8. The second-order valence-electron chi connectivity index (χ2n) is 9.99. The maximum absolute atomic E-state index is 14.1. The van der Waals surface area contributed by atoms with Gasteiger partial charge in [0.25, 0.3) is 10.0 Å². The van der Waals surface area contributed by atoms with E-state index >= 15 is 0 Å². The van der Waals surface area contributed by atoms with Crippen LogP contribution in [0, 0.1) is 5.82 Å². The van der Waals surface area contributed by atoms with E-state index < -0.39 is 34.3 Å². The maximum Gasteiger partial charge on any atom is 0.264 e. The molecule has 1 aliphatic rings. The Bertz CT molecular complexity index is 1470. The fraction of sp³-hybridized carbons (Fsp3) is 0.333. The van der Waals surface area contributed by atoms with Gasteiger partial charge in [-0.1, -0.05) is 73.3 Å². The van der Waals surface area contributed by atoms with E-state index in [1.54, 1.807) is 25.1 Å². The number of rotatable bonds is 11. The molecule has 218 valence electrons. The highest BCUT2D eigenvalue weighted by Crippen LogP contribution is 2.31. The Hall–Kier alpha value is -3.14. The molecule has 1 aliphatic carbocycles. The van der Waals surface area contributed by atoms with Crippen LogP contribution in [-0.4, -0.2) is 43.8 Å². The van der Waals surface area contributed by atoms with Gasteiger partial charge in [0, 0.05) is 12.6 Å². The molecule has 4 rings (SSSR count). The van der Waals surface area contributed by atoms with Crippen LogP contribution in [0.3, 0.4) is 0 Å². The van der Waals surface area contributed by atoms with Crippen LogP contribution >= 0.6 is 23.2 Å². The Morgan fingerprint density at radius 2 is 1.63 bits per heavy atom. The molecular weight excluding hydrogens is 588 g/mol. The predicted octanol–water partition coefficient (Wildman–Crippen LogP) is 6.19. The number of nitrogens with zero attached hydrogens (tertiary/aromatic N) is 2. The summed E-state index contributed by atoms with van der Waals surface area (Å²) in [4.78, 5) is 28.9. The van der Waals surface area contributed by atoms with E-state index in [4.69, 9.17) is 23.2 Å². The van der Waals surface area contributed by atoms with Crippen LogP contribution < -0.4 is 9.62 Å². The van der Waals surface area contributed by atoms with Crippen molar-refractivity contribution in [3.63, 3.8) is 0 Å². The van der Waals surface area contributed by atoms with Gasteiger partial charge < -0.3 is 10.2 Å². The molecule has 0 spiro atoms. The Labute approximate surface area is 250 Å². The molecule has 0 radical (unpaired) electrons. The molecule has 0 aromatic heterocycles. The first-order chi connectivity index (χ1) is 19.6. The lowest BCUT2D eigenvalue weighted by atomic mass is 10.1. The zero-order valence-corrected chi connectivity index (χ0v) is 24.9. The summed E-state index contributed by atoms with van der Waals surface area (Å²) in [5.41, 5.74) is 0.737. The normalized spacial score (nSPS) is 14.4.